The van der Waals surface area contributed by atoms with Gasteiger partial charge in [0.1, 0.15) is 5.75 Å². The first-order valence-corrected chi connectivity index (χ1v) is 6.66. The van der Waals surface area contributed by atoms with E-state index in [0.717, 1.165) is 12.8 Å². The first-order valence-electron chi connectivity index (χ1n) is 6.66. The van der Waals surface area contributed by atoms with Crippen LogP contribution in [0.15, 0.2) is 18.2 Å². The zero-order chi connectivity index (χ0) is 15.4. The maximum Gasteiger partial charge on any atom is 0.335 e. The maximum atomic E-state index is 12.2. The highest BCUT2D eigenvalue weighted by Gasteiger charge is 2.28. The first-order chi connectivity index (χ1) is 10.1. The van der Waals surface area contributed by atoms with Crippen LogP contribution in [0.5, 0.6) is 5.75 Å². The van der Waals surface area contributed by atoms with Crippen molar-refractivity contribution in [3.05, 3.63) is 23.8 Å². The number of likely N-dealkylation sites (tertiary alicyclic amines) is 1. The van der Waals surface area contributed by atoms with E-state index in [1.807, 2.05) is 0 Å². The van der Waals surface area contributed by atoms with Gasteiger partial charge in [-0.1, -0.05) is 0 Å². The lowest BCUT2D eigenvalue weighted by atomic mass is 10.2. The zero-order valence-corrected chi connectivity index (χ0v) is 11.7. The average molecular weight is 294 g/mol. The molecule has 1 atom stereocenters. The van der Waals surface area contributed by atoms with Crippen molar-refractivity contribution in [1.82, 2.24) is 4.90 Å². The number of methoxy groups -OCH3 is 1. The highest BCUT2D eigenvalue weighted by molar-refractivity contribution is 5.95. The van der Waals surface area contributed by atoms with Crippen LogP contribution >= 0.6 is 0 Å². The summed E-state index contributed by atoms with van der Waals surface area (Å²) in [5.41, 5.74) is 0.359. The summed E-state index contributed by atoms with van der Waals surface area (Å²) in [4.78, 5) is 24.8. The third kappa shape index (κ3) is 3.25. The lowest BCUT2D eigenvalue weighted by Crippen LogP contribution is -2.40. The quantitative estimate of drug-likeness (QED) is 0.779. The number of aliphatic hydroxyl groups excluding tert-OH is 1. The van der Waals surface area contributed by atoms with Crippen LogP contribution in [0, 0.1) is 0 Å². The summed E-state index contributed by atoms with van der Waals surface area (Å²) in [6, 6.07) is 3.69. The Hall–Kier alpha value is -2.28. The van der Waals surface area contributed by atoms with Gasteiger partial charge in [0.25, 0.3) is 0 Å². The molecule has 0 radical (unpaired) electrons. The van der Waals surface area contributed by atoms with E-state index in [0.29, 0.717) is 18.0 Å². The summed E-state index contributed by atoms with van der Waals surface area (Å²) in [5.74, 6) is -0.698. The SMILES string of the molecule is COc1ccc(C(=O)O)cc1NC(=O)N1CCCC1CO. The molecule has 0 aliphatic carbocycles. The molecular formula is C14H18N2O5. The number of amides is 2. The third-order valence-electron chi connectivity index (χ3n) is 3.54. The van der Waals surface area contributed by atoms with E-state index < -0.39 is 5.97 Å². The summed E-state index contributed by atoms with van der Waals surface area (Å²) >= 11 is 0. The van der Waals surface area contributed by atoms with E-state index in [1.165, 1.54) is 25.3 Å². The first kappa shape index (κ1) is 15.1. The van der Waals surface area contributed by atoms with Gasteiger partial charge in [-0.05, 0) is 31.0 Å². The fourth-order valence-corrected chi connectivity index (χ4v) is 2.42. The summed E-state index contributed by atoms with van der Waals surface area (Å²) < 4.78 is 5.12. The summed E-state index contributed by atoms with van der Waals surface area (Å²) in [5, 5.41) is 20.9. The van der Waals surface area contributed by atoms with Gasteiger partial charge in [0.15, 0.2) is 0 Å². The van der Waals surface area contributed by atoms with Crippen molar-refractivity contribution in [2.45, 2.75) is 18.9 Å². The second kappa shape index (κ2) is 6.45. The van der Waals surface area contributed by atoms with Gasteiger partial charge >= 0.3 is 12.0 Å². The van der Waals surface area contributed by atoms with Crippen molar-refractivity contribution < 1.29 is 24.5 Å². The van der Waals surface area contributed by atoms with E-state index >= 15 is 0 Å². The molecular weight excluding hydrogens is 276 g/mol. The van der Waals surface area contributed by atoms with Gasteiger partial charge in [0.05, 0.1) is 31.0 Å². The minimum atomic E-state index is -1.08. The van der Waals surface area contributed by atoms with Crippen molar-refractivity contribution in [1.29, 1.82) is 0 Å². The molecule has 2 rings (SSSR count). The Kier molecular flexibility index (Phi) is 4.64. The predicted molar refractivity (Wildman–Crippen MR) is 75.8 cm³/mol. The average Bonchev–Trinajstić information content (AvgIpc) is 2.95. The molecule has 1 aromatic rings. The van der Waals surface area contributed by atoms with Crippen LogP contribution in [0.25, 0.3) is 0 Å². The second-order valence-corrected chi connectivity index (χ2v) is 4.82. The molecule has 1 unspecified atom stereocenters. The molecule has 3 N–H and O–H groups in total. The lowest BCUT2D eigenvalue weighted by Gasteiger charge is -2.23. The standard InChI is InChI=1S/C14H18N2O5/c1-21-12-5-4-9(13(18)19)7-11(12)15-14(20)16-6-2-3-10(16)8-17/h4-5,7,10,17H,2-3,6,8H2,1H3,(H,15,20)(H,18,19). The fourth-order valence-electron chi connectivity index (χ4n) is 2.42. The molecule has 0 saturated carbocycles. The van der Waals surface area contributed by atoms with Gasteiger partial charge in [-0.15, -0.1) is 0 Å². The molecule has 1 heterocycles. The molecule has 0 aromatic heterocycles. The summed E-state index contributed by atoms with van der Waals surface area (Å²) in [7, 11) is 1.44. The minimum Gasteiger partial charge on any atom is -0.495 e. The molecule has 1 fully saturated rings. The summed E-state index contributed by atoms with van der Waals surface area (Å²) in [6.07, 6.45) is 1.60. The number of rotatable bonds is 4. The van der Waals surface area contributed by atoms with Crippen LogP contribution in [-0.4, -0.2) is 53.4 Å². The van der Waals surface area contributed by atoms with E-state index in [9.17, 15) is 14.7 Å². The number of carboxylic acids is 1. The van der Waals surface area contributed by atoms with Crippen LogP contribution in [0.1, 0.15) is 23.2 Å². The van der Waals surface area contributed by atoms with Gasteiger partial charge in [-0.2, -0.15) is 0 Å². The number of nitrogens with zero attached hydrogens (tertiary/aromatic N) is 1. The van der Waals surface area contributed by atoms with Crippen molar-refractivity contribution in [2.75, 3.05) is 25.6 Å². The Balaban J connectivity index is 2.19. The summed E-state index contributed by atoms with van der Waals surface area (Å²) in [6.45, 7) is 0.484. The topological polar surface area (TPSA) is 99.1 Å². The fraction of sp³-hybridized carbons (Fsp3) is 0.429. The molecule has 21 heavy (non-hydrogen) atoms. The molecule has 2 amide bonds. The largest absolute Gasteiger partial charge is 0.495 e. The van der Waals surface area contributed by atoms with Crippen LogP contribution in [0.3, 0.4) is 0 Å². The highest BCUT2D eigenvalue weighted by atomic mass is 16.5. The van der Waals surface area contributed by atoms with E-state index in [4.69, 9.17) is 9.84 Å². The van der Waals surface area contributed by atoms with Crippen LogP contribution in [0.2, 0.25) is 0 Å². The van der Waals surface area contributed by atoms with Crippen LogP contribution in [0.4, 0.5) is 10.5 Å². The molecule has 0 spiro atoms. The van der Waals surface area contributed by atoms with Gasteiger partial charge in [0, 0.05) is 6.54 Å². The van der Waals surface area contributed by atoms with Gasteiger partial charge in [-0.3, -0.25) is 0 Å². The Labute approximate surface area is 122 Å². The molecule has 0 bridgehead atoms. The number of carbonyl (C=O) groups is 2. The predicted octanol–water partition coefficient (Wildman–Crippen LogP) is 1.38. The monoisotopic (exact) mass is 294 g/mol. The van der Waals surface area contributed by atoms with Crippen LogP contribution < -0.4 is 10.1 Å². The van der Waals surface area contributed by atoms with E-state index in [-0.39, 0.29) is 24.2 Å². The number of nitrogens with one attached hydrogen (secondary N) is 1. The Morgan fingerprint density at radius 3 is 2.86 bits per heavy atom. The smallest absolute Gasteiger partial charge is 0.335 e. The van der Waals surface area contributed by atoms with Gasteiger partial charge in [0.2, 0.25) is 0 Å². The molecule has 1 aliphatic rings. The molecule has 7 heteroatoms. The third-order valence-corrected chi connectivity index (χ3v) is 3.54. The van der Waals surface area contributed by atoms with E-state index in [1.54, 1.807) is 4.90 Å². The highest BCUT2D eigenvalue weighted by Crippen LogP contribution is 2.27. The van der Waals surface area contributed by atoms with Crippen molar-refractivity contribution >= 4 is 17.7 Å². The number of carboxylic acid groups (broad SMARTS) is 1. The van der Waals surface area contributed by atoms with Crippen LogP contribution in [-0.2, 0) is 0 Å². The number of hydrogen-bond donors (Lipinski definition) is 3. The number of benzene rings is 1. The Bertz CT molecular complexity index is 546. The van der Waals surface area contributed by atoms with Gasteiger partial charge < -0.3 is 25.2 Å². The number of ether oxygens (including phenoxy) is 1. The molecule has 1 saturated heterocycles. The maximum absolute atomic E-state index is 12.2. The lowest BCUT2D eigenvalue weighted by molar-refractivity contribution is 0.0697. The van der Waals surface area contributed by atoms with Crippen molar-refractivity contribution in [2.24, 2.45) is 0 Å². The number of anilines is 1. The molecule has 1 aliphatic heterocycles. The van der Waals surface area contributed by atoms with Crippen molar-refractivity contribution in [3.8, 4) is 5.75 Å². The van der Waals surface area contributed by atoms with Gasteiger partial charge in [-0.25, -0.2) is 9.59 Å². The number of aliphatic hydroxyl groups is 1. The number of aromatic carboxylic acids is 1. The number of hydrogen-bond acceptors (Lipinski definition) is 4. The second-order valence-electron chi connectivity index (χ2n) is 4.82. The molecule has 114 valence electrons. The minimum absolute atomic E-state index is 0.0613. The number of carbonyl (C=O) groups excluding carboxylic acids is 1. The number of urea groups is 1. The normalized spacial score (nSPS) is 17.6. The Morgan fingerprint density at radius 2 is 2.24 bits per heavy atom. The molecule has 7 nitrogen and oxygen atoms in total. The van der Waals surface area contributed by atoms with Crippen molar-refractivity contribution in [3.63, 3.8) is 0 Å². The van der Waals surface area contributed by atoms with E-state index in [2.05, 4.69) is 5.32 Å². The zero-order valence-electron chi connectivity index (χ0n) is 11.7. The molecule has 1 aromatic carbocycles. The Morgan fingerprint density at radius 1 is 1.48 bits per heavy atom.